The number of halogens is 1. The molecule has 0 bridgehead atoms. The van der Waals surface area contributed by atoms with Crippen LogP contribution < -0.4 is 5.32 Å². The highest BCUT2D eigenvalue weighted by Crippen LogP contribution is 2.28. The molecule has 0 saturated carbocycles. The third-order valence-electron chi connectivity index (χ3n) is 2.67. The molecule has 5 nitrogen and oxygen atoms in total. The van der Waals surface area contributed by atoms with E-state index in [2.05, 4.69) is 35.1 Å². The molecule has 0 spiro atoms. The van der Waals surface area contributed by atoms with Crippen LogP contribution in [-0.4, -0.2) is 22.2 Å². The summed E-state index contributed by atoms with van der Waals surface area (Å²) in [6.45, 7) is 6.27. The minimum atomic E-state index is -0.810. The summed E-state index contributed by atoms with van der Waals surface area (Å²) < 4.78 is 0.613. The second-order valence-corrected chi connectivity index (χ2v) is 6.22. The van der Waals surface area contributed by atoms with Gasteiger partial charge in [-0.2, -0.15) is 0 Å². The fraction of sp³-hybridized carbons (Fsp3) is 0.538. The first kappa shape index (κ1) is 15.9. The molecule has 6 heteroatoms. The number of non-ortho nitro benzene ring substituents is 1. The first-order valence-corrected chi connectivity index (χ1v) is 6.91. The predicted molar refractivity (Wildman–Crippen MR) is 79.4 cm³/mol. The van der Waals surface area contributed by atoms with Crippen LogP contribution in [0.5, 0.6) is 0 Å². The van der Waals surface area contributed by atoms with Gasteiger partial charge < -0.3 is 10.4 Å². The van der Waals surface area contributed by atoms with Gasteiger partial charge in [0.15, 0.2) is 0 Å². The van der Waals surface area contributed by atoms with Gasteiger partial charge >= 0.3 is 0 Å². The predicted octanol–water partition coefficient (Wildman–Crippen LogP) is 3.57. The van der Waals surface area contributed by atoms with Crippen molar-refractivity contribution >= 4 is 27.3 Å². The maximum absolute atomic E-state index is 10.6. The van der Waals surface area contributed by atoms with E-state index in [1.807, 2.05) is 0 Å². The minimum absolute atomic E-state index is 0.0337. The second-order valence-electron chi connectivity index (χ2n) is 5.37. The summed E-state index contributed by atoms with van der Waals surface area (Å²) in [6, 6.07) is 4.51. The normalized spacial score (nSPS) is 14.2. The molecule has 19 heavy (non-hydrogen) atoms. The number of nitrogens with one attached hydrogen (secondary N) is 1. The van der Waals surface area contributed by atoms with E-state index in [-0.39, 0.29) is 5.69 Å². The van der Waals surface area contributed by atoms with E-state index in [1.54, 1.807) is 13.0 Å². The minimum Gasteiger partial charge on any atom is -0.388 e. The number of anilines is 1. The number of nitro benzene ring substituents is 1. The molecule has 1 rings (SSSR count). The maximum atomic E-state index is 10.6. The van der Waals surface area contributed by atoms with Gasteiger partial charge in [-0.05, 0) is 41.3 Å². The molecular formula is C13H19BrN2O3. The Morgan fingerprint density at radius 3 is 2.63 bits per heavy atom. The number of benzene rings is 1. The topological polar surface area (TPSA) is 75.4 Å². The molecule has 0 aliphatic rings. The van der Waals surface area contributed by atoms with Crippen LogP contribution in [0.4, 0.5) is 11.4 Å². The van der Waals surface area contributed by atoms with Crippen LogP contribution in [0.15, 0.2) is 22.7 Å². The Bertz CT molecular complexity index is 461. The zero-order valence-corrected chi connectivity index (χ0v) is 12.9. The van der Waals surface area contributed by atoms with Crippen molar-refractivity contribution in [1.82, 2.24) is 0 Å². The van der Waals surface area contributed by atoms with Crippen LogP contribution in [0.25, 0.3) is 0 Å². The Morgan fingerprint density at radius 2 is 2.16 bits per heavy atom. The molecule has 1 unspecified atom stereocenters. The van der Waals surface area contributed by atoms with Gasteiger partial charge in [0.05, 0.1) is 10.5 Å². The molecule has 1 atom stereocenters. The zero-order valence-electron chi connectivity index (χ0n) is 11.3. The van der Waals surface area contributed by atoms with Crippen LogP contribution in [0.3, 0.4) is 0 Å². The monoisotopic (exact) mass is 330 g/mol. The van der Waals surface area contributed by atoms with Gasteiger partial charge in [-0.15, -0.1) is 0 Å². The Kier molecular flexibility index (Phi) is 5.31. The Labute approximate surface area is 121 Å². The molecule has 0 saturated heterocycles. The van der Waals surface area contributed by atoms with Gasteiger partial charge in [0.1, 0.15) is 0 Å². The average Bonchev–Trinajstić information content (AvgIpc) is 2.25. The zero-order chi connectivity index (χ0) is 14.6. The van der Waals surface area contributed by atoms with E-state index >= 15 is 0 Å². The van der Waals surface area contributed by atoms with Crippen molar-refractivity contribution < 1.29 is 10.0 Å². The van der Waals surface area contributed by atoms with Crippen molar-refractivity contribution in [3.8, 4) is 0 Å². The number of hydrogen-bond donors (Lipinski definition) is 2. The van der Waals surface area contributed by atoms with Crippen LogP contribution in [-0.2, 0) is 0 Å². The van der Waals surface area contributed by atoms with Crippen molar-refractivity contribution in [3.05, 3.63) is 32.8 Å². The first-order chi connectivity index (χ1) is 8.71. The lowest BCUT2D eigenvalue weighted by atomic mass is 9.94. The molecule has 0 heterocycles. The third kappa shape index (κ3) is 5.16. The van der Waals surface area contributed by atoms with E-state index in [9.17, 15) is 15.2 Å². The van der Waals surface area contributed by atoms with Crippen molar-refractivity contribution in [2.24, 2.45) is 5.92 Å². The molecule has 106 valence electrons. The van der Waals surface area contributed by atoms with Gasteiger partial charge in [0, 0.05) is 28.8 Å². The summed E-state index contributed by atoms with van der Waals surface area (Å²) in [5.74, 6) is 0.400. The number of nitro groups is 1. The number of nitrogens with zero attached hydrogens (tertiary/aromatic N) is 1. The van der Waals surface area contributed by atoms with Crippen molar-refractivity contribution in [2.75, 3.05) is 11.9 Å². The van der Waals surface area contributed by atoms with Crippen LogP contribution in [0, 0.1) is 16.0 Å². The molecular weight excluding hydrogens is 312 g/mol. The maximum Gasteiger partial charge on any atom is 0.270 e. The second kappa shape index (κ2) is 6.34. The van der Waals surface area contributed by atoms with E-state index < -0.39 is 10.5 Å². The summed E-state index contributed by atoms with van der Waals surface area (Å²) in [5, 5.41) is 23.9. The SMILES string of the molecule is CC(C)CC(C)(O)CNc1ccc([N+](=O)[O-])cc1Br. The summed E-state index contributed by atoms with van der Waals surface area (Å²) in [5.41, 5.74) is -0.0453. The van der Waals surface area contributed by atoms with E-state index in [4.69, 9.17) is 0 Å². The van der Waals surface area contributed by atoms with Crippen molar-refractivity contribution in [1.29, 1.82) is 0 Å². The largest absolute Gasteiger partial charge is 0.388 e. The van der Waals surface area contributed by atoms with E-state index in [0.29, 0.717) is 23.4 Å². The molecule has 0 aromatic heterocycles. The van der Waals surface area contributed by atoms with Gasteiger partial charge in [-0.3, -0.25) is 10.1 Å². The van der Waals surface area contributed by atoms with Gasteiger partial charge in [0.25, 0.3) is 5.69 Å². The molecule has 1 aromatic carbocycles. The first-order valence-electron chi connectivity index (χ1n) is 6.11. The average molecular weight is 331 g/mol. The highest BCUT2D eigenvalue weighted by atomic mass is 79.9. The van der Waals surface area contributed by atoms with E-state index in [0.717, 1.165) is 5.69 Å². The summed E-state index contributed by atoms with van der Waals surface area (Å²) in [4.78, 5) is 10.2. The van der Waals surface area contributed by atoms with Gasteiger partial charge in [0.2, 0.25) is 0 Å². The van der Waals surface area contributed by atoms with Crippen molar-refractivity contribution in [2.45, 2.75) is 32.8 Å². The van der Waals surface area contributed by atoms with Crippen molar-refractivity contribution in [3.63, 3.8) is 0 Å². The van der Waals surface area contributed by atoms with E-state index in [1.165, 1.54) is 12.1 Å². The van der Waals surface area contributed by atoms with Crippen LogP contribution in [0.2, 0.25) is 0 Å². The highest BCUT2D eigenvalue weighted by molar-refractivity contribution is 9.10. The molecule has 2 N–H and O–H groups in total. The molecule has 0 amide bonds. The fourth-order valence-corrected chi connectivity index (χ4v) is 2.51. The number of rotatable bonds is 6. The van der Waals surface area contributed by atoms with Crippen LogP contribution >= 0.6 is 15.9 Å². The molecule has 0 fully saturated rings. The Morgan fingerprint density at radius 1 is 1.53 bits per heavy atom. The lowest BCUT2D eigenvalue weighted by Crippen LogP contribution is -2.34. The molecule has 1 aromatic rings. The Balaban J connectivity index is 2.71. The lowest BCUT2D eigenvalue weighted by Gasteiger charge is -2.26. The number of aliphatic hydroxyl groups is 1. The fourth-order valence-electron chi connectivity index (χ4n) is 2.00. The third-order valence-corrected chi connectivity index (χ3v) is 3.33. The summed E-state index contributed by atoms with van der Waals surface area (Å²) in [6.07, 6.45) is 0.685. The van der Waals surface area contributed by atoms with Crippen LogP contribution in [0.1, 0.15) is 27.2 Å². The molecule has 0 aliphatic heterocycles. The summed E-state index contributed by atoms with van der Waals surface area (Å²) in [7, 11) is 0. The highest BCUT2D eigenvalue weighted by Gasteiger charge is 2.22. The molecule has 0 radical (unpaired) electrons. The molecule has 0 aliphatic carbocycles. The Hall–Kier alpha value is -1.14. The lowest BCUT2D eigenvalue weighted by molar-refractivity contribution is -0.384. The van der Waals surface area contributed by atoms with Gasteiger partial charge in [-0.25, -0.2) is 0 Å². The van der Waals surface area contributed by atoms with Gasteiger partial charge in [-0.1, -0.05) is 13.8 Å². The smallest absolute Gasteiger partial charge is 0.270 e. The standard InChI is InChI=1S/C13H19BrN2O3/c1-9(2)7-13(3,17)8-15-12-5-4-10(16(18)19)6-11(12)14/h4-6,9,15,17H,7-8H2,1-3H3. The summed E-state index contributed by atoms with van der Waals surface area (Å²) >= 11 is 3.29. The number of hydrogen-bond acceptors (Lipinski definition) is 4. The quantitative estimate of drug-likeness (QED) is 0.617.